The first-order chi connectivity index (χ1) is 13.7. The number of esters is 1. The number of amides is 2. The van der Waals surface area contributed by atoms with Crippen molar-refractivity contribution in [1.82, 2.24) is 0 Å². The van der Waals surface area contributed by atoms with Crippen molar-refractivity contribution >= 4 is 40.9 Å². The Balaban J connectivity index is 1.63. The number of aryl methyl sites for hydroxylation is 2. The molecule has 0 saturated heterocycles. The first kappa shape index (κ1) is 20.9. The summed E-state index contributed by atoms with van der Waals surface area (Å²) in [5.74, 6) is -1.10. The average Bonchev–Trinajstić information content (AvgIpc) is 2.68. The highest BCUT2D eigenvalue weighted by Crippen LogP contribution is 2.36. The normalized spacial score (nSPS) is 14.8. The molecule has 3 rings (SSSR count). The van der Waals surface area contributed by atoms with Crippen molar-refractivity contribution in [3.63, 3.8) is 0 Å². The van der Waals surface area contributed by atoms with E-state index in [0.717, 1.165) is 10.5 Å². The van der Waals surface area contributed by atoms with Crippen molar-refractivity contribution in [2.75, 3.05) is 22.6 Å². The predicted octanol–water partition coefficient (Wildman–Crippen LogP) is 3.70. The van der Waals surface area contributed by atoms with Crippen molar-refractivity contribution in [2.24, 2.45) is 0 Å². The van der Waals surface area contributed by atoms with E-state index >= 15 is 0 Å². The summed E-state index contributed by atoms with van der Waals surface area (Å²) >= 11 is 1.36. The highest BCUT2D eigenvalue weighted by Gasteiger charge is 2.43. The zero-order chi connectivity index (χ0) is 21.2. The van der Waals surface area contributed by atoms with Gasteiger partial charge in [-0.15, -0.1) is 11.8 Å². The van der Waals surface area contributed by atoms with E-state index in [1.54, 1.807) is 38.1 Å². The minimum absolute atomic E-state index is 0.107. The molecule has 152 valence electrons. The maximum Gasteiger partial charge on any atom is 0.316 e. The Morgan fingerprint density at radius 2 is 1.83 bits per heavy atom. The average molecular weight is 413 g/mol. The van der Waals surface area contributed by atoms with Gasteiger partial charge in [0.1, 0.15) is 5.54 Å². The number of hydrogen-bond donors (Lipinski definition) is 1. The Labute approximate surface area is 174 Å². The lowest BCUT2D eigenvalue weighted by molar-refractivity contribution is -0.145. The maximum atomic E-state index is 12.8. The fraction of sp³-hybridized carbons (Fsp3) is 0.318. The third kappa shape index (κ3) is 4.45. The number of rotatable bonds is 5. The molecule has 7 heteroatoms. The molecule has 2 aromatic carbocycles. The largest absolute Gasteiger partial charge is 0.455 e. The molecule has 0 aliphatic carbocycles. The molecule has 2 aromatic rings. The van der Waals surface area contributed by atoms with Crippen LogP contribution < -0.4 is 10.2 Å². The van der Waals surface area contributed by atoms with E-state index in [1.165, 1.54) is 22.2 Å². The van der Waals surface area contributed by atoms with Gasteiger partial charge in [-0.2, -0.15) is 0 Å². The highest BCUT2D eigenvalue weighted by atomic mass is 32.2. The minimum Gasteiger partial charge on any atom is -0.455 e. The molecule has 0 radical (unpaired) electrons. The number of para-hydroxylation sites is 2. The molecule has 0 bridgehead atoms. The molecular formula is C22H24N2O4S. The summed E-state index contributed by atoms with van der Waals surface area (Å²) in [6.07, 6.45) is 0. The summed E-state index contributed by atoms with van der Waals surface area (Å²) in [4.78, 5) is 39.8. The SMILES string of the molecule is Cc1ccc(SCC(=O)OCC(=O)N2c3ccccc3NC(=O)C2(C)C)cc1C. The monoisotopic (exact) mass is 412 g/mol. The van der Waals surface area contributed by atoms with Gasteiger partial charge in [-0.3, -0.25) is 19.3 Å². The molecule has 0 fully saturated rings. The minimum atomic E-state index is -1.09. The molecule has 0 spiro atoms. The van der Waals surface area contributed by atoms with Gasteiger partial charge in [0.2, 0.25) is 5.91 Å². The van der Waals surface area contributed by atoms with Crippen LogP contribution in [0.5, 0.6) is 0 Å². The second-order valence-corrected chi connectivity index (χ2v) is 8.50. The quantitative estimate of drug-likeness (QED) is 0.599. The summed E-state index contributed by atoms with van der Waals surface area (Å²) < 4.78 is 5.19. The van der Waals surface area contributed by atoms with E-state index < -0.39 is 24.0 Å². The van der Waals surface area contributed by atoms with Gasteiger partial charge in [-0.1, -0.05) is 18.2 Å². The zero-order valence-electron chi connectivity index (χ0n) is 16.9. The predicted molar refractivity (Wildman–Crippen MR) is 114 cm³/mol. The van der Waals surface area contributed by atoms with E-state index in [2.05, 4.69) is 5.32 Å². The number of anilines is 2. The summed E-state index contributed by atoms with van der Waals surface area (Å²) in [5.41, 5.74) is 2.40. The fourth-order valence-electron chi connectivity index (χ4n) is 3.09. The molecule has 1 N–H and O–H groups in total. The van der Waals surface area contributed by atoms with E-state index in [0.29, 0.717) is 11.4 Å². The standard InChI is InChI=1S/C22H24N2O4S/c1-14-9-10-16(11-15(14)2)29-13-20(26)28-12-19(25)24-18-8-6-5-7-17(18)23-21(27)22(24,3)4/h5-11H,12-13H2,1-4H3,(H,23,27). The molecule has 0 aromatic heterocycles. The van der Waals surface area contributed by atoms with Gasteiger partial charge in [0.15, 0.2) is 6.61 Å². The molecular weight excluding hydrogens is 388 g/mol. The molecule has 6 nitrogen and oxygen atoms in total. The lowest BCUT2D eigenvalue weighted by Crippen LogP contribution is -2.59. The van der Waals surface area contributed by atoms with E-state index in [1.807, 2.05) is 32.0 Å². The molecule has 0 unspecified atom stereocenters. The molecule has 0 saturated carbocycles. The Morgan fingerprint density at radius 1 is 1.10 bits per heavy atom. The number of benzene rings is 2. The van der Waals surface area contributed by atoms with Crippen LogP contribution in [0.15, 0.2) is 47.4 Å². The van der Waals surface area contributed by atoms with Gasteiger partial charge >= 0.3 is 5.97 Å². The van der Waals surface area contributed by atoms with E-state index in [-0.39, 0.29) is 11.7 Å². The Hall–Kier alpha value is -2.80. The number of ether oxygens (including phenoxy) is 1. The number of carbonyl (C=O) groups is 3. The van der Waals surface area contributed by atoms with E-state index in [4.69, 9.17) is 4.74 Å². The van der Waals surface area contributed by atoms with Crippen LogP contribution in [0.4, 0.5) is 11.4 Å². The van der Waals surface area contributed by atoms with Crippen molar-refractivity contribution in [2.45, 2.75) is 38.1 Å². The first-order valence-electron chi connectivity index (χ1n) is 9.29. The Bertz CT molecular complexity index is 971. The highest BCUT2D eigenvalue weighted by molar-refractivity contribution is 8.00. The topological polar surface area (TPSA) is 75.7 Å². The van der Waals surface area contributed by atoms with Crippen LogP contribution in [-0.4, -0.2) is 35.7 Å². The molecule has 2 amide bonds. The van der Waals surface area contributed by atoms with Gasteiger partial charge in [-0.05, 0) is 63.1 Å². The molecule has 1 heterocycles. The first-order valence-corrected chi connectivity index (χ1v) is 10.3. The fourth-order valence-corrected chi connectivity index (χ4v) is 3.88. The van der Waals surface area contributed by atoms with Gasteiger partial charge in [-0.25, -0.2) is 0 Å². The van der Waals surface area contributed by atoms with Crippen LogP contribution in [0.1, 0.15) is 25.0 Å². The van der Waals surface area contributed by atoms with Gasteiger partial charge in [0.05, 0.1) is 17.1 Å². The van der Waals surface area contributed by atoms with Crippen molar-refractivity contribution in [3.05, 3.63) is 53.6 Å². The smallest absolute Gasteiger partial charge is 0.316 e. The number of nitrogens with one attached hydrogen (secondary N) is 1. The van der Waals surface area contributed by atoms with Crippen LogP contribution in [0.25, 0.3) is 0 Å². The lowest BCUT2D eigenvalue weighted by atomic mass is 9.96. The van der Waals surface area contributed by atoms with Crippen LogP contribution >= 0.6 is 11.8 Å². The molecule has 1 aliphatic rings. The summed E-state index contributed by atoms with van der Waals surface area (Å²) in [5, 5.41) is 2.80. The Kier molecular flexibility index (Phi) is 5.98. The number of fused-ring (bicyclic) bond motifs is 1. The second-order valence-electron chi connectivity index (χ2n) is 7.45. The molecule has 0 atom stereocenters. The summed E-state index contributed by atoms with van der Waals surface area (Å²) in [7, 11) is 0. The maximum absolute atomic E-state index is 12.8. The number of carbonyl (C=O) groups excluding carboxylic acids is 3. The summed E-state index contributed by atoms with van der Waals surface area (Å²) in [6.45, 7) is 6.95. The third-order valence-corrected chi connectivity index (χ3v) is 5.92. The number of hydrogen-bond acceptors (Lipinski definition) is 5. The molecule has 29 heavy (non-hydrogen) atoms. The number of nitrogens with zero attached hydrogens (tertiary/aromatic N) is 1. The third-order valence-electron chi connectivity index (χ3n) is 4.95. The van der Waals surface area contributed by atoms with E-state index in [9.17, 15) is 14.4 Å². The lowest BCUT2D eigenvalue weighted by Gasteiger charge is -2.41. The Morgan fingerprint density at radius 3 is 2.55 bits per heavy atom. The van der Waals surface area contributed by atoms with Crippen LogP contribution in [0.3, 0.4) is 0 Å². The van der Waals surface area contributed by atoms with Crippen molar-refractivity contribution in [1.29, 1.82) is 0 Å². The van der Waals surface area contributed by atoms with Crippen LogP contribution in [-0.2, 0) is 19.1 Å². The van der Waals surface area contributed by atoms with Gasteiger partial charge in [0, 0.05) is 4.90 Å². The van der Waals surface area contributed by atoms with Crippen LogP contribution in [0, 0.1) is 13.8 Å². The number of thioether (sulfide) groups is 1. The van der Waals surface area contributed by atoms with Crippen molar-refractivity contribution < 1.29 is 19.1 Å². The van der Waals surface area contributed by atoms with Crippen LogP contribution in [0.2, 0.25) is 0 Å². The second kappa shape index (κ2) is 8.29. The van der Waals surface area contributed by atoms with Gasteiger partial charge in [0.25, 0.3) is 5.91 Å². The zero-order valence-corrected chi connectivity index (χ0v) is 17.8. The van der Waals surface area contributed by atoms with Gasteiger partial charge < -0.3 is 10.1 Å². The van der Waals surface area contributed by atoms with Crippen molar-refractivity contribution in [3.8, 4) is 0 Å². The summed E-state index contributed by atoms with van der Waals surface area (Å²) in [6, 6.07) is 13.0. The molecule has 1 aliphatic heterocycles.